The van der Waals surface area contributed by atoms with Crippen LogP contribution in [-0.4, -0.2) is 52.9 Å². The van der Waals surface area contributed by atoms with Gasteiger partial charge >= 0.3 is 0 Å². The lowest BCUT2D eigenvalue weighted by atomic mass is 9.86. The maximum atomic E-state index is 13.3. The summed E-state index contributed by atoms with van der Waals surface area (Å²) in [5, 5.41) is 5.64. The Morgan fingerprint density at radius 3 is 2.43 bits per heavy atom. The molecule has 156 valence electrons. The first-order valence-corrected chi connectivity index (χ1v) is 10.5. The molecule has 1 aliphatic heterocycles. The molecule has 0 saturated heterocycles. The number of amides is 2. The van der Waals surface area contributed by atoms with Crippen molar-refractivity contribution in [2.45, 2.75) is 77.9 Å². The Bertz CT molecular complexity index is 728. The van der Waals surface area contributed by atoms with Crippen LogP contribution in [0.2, 0.25) is 0 Å². The van der Waals surface area contributed by atoms with Crippen LogP contribution in [0, 0.1) is 5.41 Å². The highest BCUT2D eigenvalue weighted by atomic mass is 16.2. The number of rotatable bonds is 4. The van der Waals surface area contributed by atoms with Crippen molar-refractivity contribution in [3.63, 3.8) is 0 Å². The highest BCUT2D eigenvalue weighted by Gasteiger charge is 2.35. The second-order valence-corrected chi connectivity index (χ2v) is 9.38. The second kappa shape index (κ2) is 8.23. The molecule has 0 bridgehead atoms. The van der Waals surface area contributed by atoms with Gasteiger partial charge in [0.05, 0.1) is 5.69 Å². The summed E-state index contributed by atoms with van der Waals surface area (Å²) in [6.07, 6.45) is 5.82. The summed E-state index contributed by atoms with van der Waals surface area (Å²) in [5.41, 5.74) is 1.09. The third-order valence-electron chi connectivity index (χ3n) is 6.03. The number of imidazole rings is 1. The molecule has 1 aromatic heterocycles. The van der Waals surface area contributed by atoms with Gasteiger partial charge in [0.15, 0.2) is 5.69 Å². The van der Waals surface area contributed by atoms with E-state index in [0.717, 1.165) is 43.9 Å². The lowest BCUT2D eigenvalue weighted by Crippen LogP contribution is -2.53. The van der Waals surface area contributed by atoms with E-state index in [0.29, 0.717) is 18.2 Å². The first-order valence-electron chi connectivity index (χ1n) is 10.5. The molecule has 1 unspecified atom stereocenters. The summed E-state index contributed by atoms with van der Waals surface area (Å²) in [6, 6.07) is -0.610. The molecule has 0 spiro atoms. The summed E-state index contributed by atoms with van der Waals surface area (Å²) in [4.78, 5) is 32.7. The molecule has 1 aliphatic carbocycles. The zero-order valence-electron chi connectivity index (χ0n) is 18.0. The third-order valence-corrected chi connectivity index (χ3v) is 6.03. The molecule has 2 heterocycles. The highest BCUT2D eigenvalue weighted by molar-refractivity contribution is 5.97. The van der Waals surface area contributed by atoms with Gasteiger partial charge in [0.25, 0.3) is 5.91 Å². The minimum absolute atomic E-state index is 0.181. The van der Waals surface area contributed by atoms with Crippen LogP contribution in [-0.2, 0) is 17.9 Å². The van der Waals surface area contributed by atoms with Gasteiger partial charge in [-0.3, -0.25) is 9.59 Å². The maximum absolute atomic E-state index is 13.3. The number of carbonyl (C=O) groups is 2. The van der Waals surface area contributed by atoms with Crippen molar-refractivity contribution in [2.75, 3.05) is 20.6 Å². The summed E-state index contributed by atoms with van der Waals surface area (Å²) < 4.78 is 2.29. The van der Waals surface area contributed by atoms with Crippen molar-refractivity contribution in [1.29, 1.82) is 0 Å². The van der Waals surface area contributed by atoms with E-state index in [1.54, 1.807) is 7.05 Å². The van der Waals surface area contributed by atoms with Crippen molar-refractivity contribution in [3.05, 3.63) is 17.2 Å². The van der Waals surface area contributed by atoms with Crippen LogP contribution in [0.15, 0.2) is 0 Å². The number of fused-ring (bicyclic) bond motifs is 1. The fraction of sp³-hybridized carbons (Fsp3) is 0.762. The Balaban J connectivity index is 1.96. The molecule has 2 amide bonds. The van der Waals surface area contributed by atoms with E-state index in [4.69, 9.17) is 4.98 Å². The van der Waals surface area contributed by atoms with Crippen LogP contribution in [0.4, 0.5) is 0 Å². The Labute approximate surface area is 168 Å². The predicted molar refractivity (Wildman–Crippen MR) is 109 cm³/mol. The number of nitrogens with zero attached hydrogens (tertiary/aromatic N) is 3. The number of carbonyl (C=O) groups excluding carboxylic acids is 2. The monoisotopic (exact) mass is 389 g/mol. The second-order valence-electron chi connectivity index (χ2n) is 9.38. The van der Waals surface area contributed by atoms with Crippen molar-refractivity contribution >= 4 is 11.8 Å². The van der Waals surface area contributed by atoms with Gasteiger partial charge in [-0.1, -0.05) is 33.6 Å². The van der Waals surface area contributed by atoms with Gasteiger partial charge in [-0.2, -0.15) is 0 Å². The highest BCUT2D eigenvalue weighted by Crippen LogP contribution is 2.35. The van der Waals surface area contributed by atoms with Crippen LogP contribution >= 0.6 is 0 Å². The first-order chi connectivity index (χ1) is 13.2. The quantitative estimate of drug-likeness (QED) is 0.828. The molecule has 3 rings (SSSR count). The van der Waals surface area contributed by atoms with E-state index in [1.165, 1.54) is 12.8 Å². The first kappa shape index (κ1) is 20.8. The summed E-state index contributed by atoms with van der Waals surface area (Å²) in [5.74, 6) is 1.09. The van der Waals surface area contributed by atoms with Crippen molar-refractivity contribution < 1.29 is 9.59 Å². The van der Waals surface area contributed by atoms with E-state index >= 15 is 0 Å². The molecule has 7 heteroatoms. The lowest BCUT2D eigenvalue weighted by molar-refractivity contribution is -0.124. The molecular formula is C21H35N5O2. The minimum atomic E-state index is -0.610. The SMILES string of the molecule is CNC(=O)C(NC(=O)c1nc(C2CCCC2)n2c1CN(C)CCC2)C(C)(C)C. The standard InChI is InChI=1S/C21H35N5O2/c1-21(2,3)17(20(28)22-4)24-19(27)16-15-13-25(5)11-8-12-26(15)18(23-16)14-9-6-7-10-14/h14,17H,6-13H2,1-5H3,(H,22,28)(H,24,27). The normalized spacial score (nSPS) is 19.8. The van der Waals surface area contributed by atoms with Crippen molar-refractivity contribution in [2.24, 2.45) is 5.41 Å². The van der Waals surface area contributed by atoms with Crippen LogP contribution in [0.1, 0.15) is 80.8 Å². The van der Waals surface area contributed by atoms with E-state index < -0.39 is 11.5 Å². The molecule has 1 saturated carbocycles. The molecule has 0 radical (unpaired) electrons. The smallest absolute Gasteiger partial charge is 0.272 e. The molecule has 2 aliphatic rings. The number of hydrogen-bond donors (Lipinski definition) is 2. The van der Waals surface area contributed by atoms with Gasteiger partial charge in [-0.25, -0.2) is 4.98 Å². The third kappa shape index (κ3) is 4.24. The van der Waals surface area contributed by atoms with E-state index in [-0.39, 0.29) is 11.8 Å². The van der Waals surface area contributed by atoms with Crippen LogP contribution in [0.5, 0.6) is 0 Å². The molecule has 2 N–H and O–H groups in total. The molecule has 1 atom stereocenters. The molecule has 28 heavy (non-hydrogen) atoms. The maximum Gasteiger partial charge on any atom is 0.272 e. The Hall–Kier alpha value is -1.89. The minimum Gasteiger partial charge on any atom is -0.357 e. The fourth-order valence-corrected chi connectivity index (χ4v) is 4.45. The van der Waals surface area contributed by atoms with Gasteiger partial charge in [0.2, 0.25) is 5.91 Å². The largest absolute Gasteiger partial charge is 0.357 e. The molecule has 1 fully saturated rings. The summed E-state index contributed by atoms with van der Waals surface area (Å²) >= 11 is 0. The van der Waals surface area contributed by atoms with Gasteiger partial charge in [0.1, 0.15) is 11.9 Å². The predicted octanol–water partition coefficient (Wildman–Crippen LogP) is 2.27. The Morgan fingerprint density at radius 2 is 1.82 bits per heavy atom. The topological polar surface area (TPSA) is 79.3 Å². The molecule has 1 aromatic rings. The van der Waals surface area contributed by atoms with Crippen LogP contribution in [0.25, 0.3) is 0 Å². The average Bonchev–Trinajstić information content (AvgIpc) is 3.22. The van der Waals surface area contributed by atoms with E-state index in [2.05, 4.69) is 27.1 Å². The van der Waals surface area contributed by atoms with E-state index in [9.17, 15) is 9.59 Å². The van der Waals surface area contributed by atoms with Gasteiger partial charge in [-0.05, 0) is 38.3 Å². The zero-order valence-corrected chi connectivity index (χ0v) is 18.0. The average molecular weight is 390 g/mol. The van der Waals surface area contributed by atoms with Gasteiger partial charge in [0, 0.05) is 26.1 Å². The van der Waals surface area contributed by atoms with E-state index in [1.807, 2.05) is 20.8 Å². The number of hydrogen-bond acceptors (Lipinski definition) is 4. The van der Waals surface area contributed by atoms with Crippen molar-refractivity contribution in [1.82, 2.24) is 25.1 Å². The van der Waals surface area contributed by atoms with Crippen LogP contribution < -0.4 is 10.6 Å². The molecule has 0 aromatic carbocycles. The van der Waals surface area contributed by atoms with Crippen molar-refractivity contribution in [3.8, 4) is 0 Å². The lowest BCUT2D eigenvalue weighted by Gasteiger charge is -2.29. The number of nitrogens with one attached hydrogen (secondary N) is 2. The molecule has 7 nitrogen and oxygen atoms in total. The zero-order chi connectivity index (χ0) is 20.5. The van der Waals surface area contributed by atoms with Crippen LogP contribution in [0.3, 0.4) is 0 Å². The van der Waals surface area contributed by atoms with Gasteiger partial charge in [-0.15, -0.1) is 0 Å². The number of likely N-dealkylation sites (N-methyl/N-ethyl adjacent to an activating group) is 1. The summed E-state index contributed by atoms with van der Waals surface area (Å²) in [7, 11) is 3.69. The fourth-order valence-electron chi connectivity index (χ4n) is 4.45. The number of aromatic nitrogens is 2. The Morgan fingerprint density at radius 1 is 1.14 bits per heavy atom. The summed E-state index contributed by atoms with van der Waals surface area (Å²) in [6.45, 7) is 8.50. The molecular weight excluding hydrogens is 354 g/mol. The van der Waals surface area contributed by atoms with Gasteiger partial charge < -0.3 is 20.1 Å². The Kier molecular flexibility index (Phi) is 6.12.